The van der Waals surface area contributed by atoms with Crippen molar-refractivity contribution >= 4 is 83.2 Å². The Kier molecular flexibility index (Phi) is 28.7. The van der Waals surface area contributed by atoms with Gasteiger partial charge in [0.25, 0.3) is 0 Å². The van der Waals surface area contributed by atoms with Gasteiger partial charge >= 0.3 is 0 Å². The number of aliphatic hydroxyl groups excluding tert-OH is 2. The molecule has 0 bridgehead atoms. The number of nitrogens with one attached hydrogen (secondary N) is 1. The highest BCUT2D eigenvalue weighted by Gasteiger charge is 2.54. The van der Waals surface area contributed by atoms with E-state index in [1.807, 2.05) is 14.0 Å². The molecule has 0 aliphatic carbocycles. The van der Waals surface area contributed by atoms with Crippen molar-refractivity contribution < 1.29 is 37.4 Å². The normalized spacial score (nSPS) is 21.7. The second-order valence-electron chi connectivity index (χ2n) is 20.5. The third-order valence-electron chi connectivity index (χ3n) is 17.1. The molecule has 6 rings (SSSR count). The number of aliphatic hydroxyl groups is 2. The van der Waals surface area contributed by atoms with Crippen molar-refractivity contribution in [3.05, 3.63) is 25.3 Å². The van der Waals surface area contributed by atoms with Crippen LogP contribution in [0.4, 0.5) is 11.6 Å². The van der Waals surface area contributed by atoms with Crippen molar-refractivity contribution in [3.63, 3.8) is 0 Å². The van der Waals surface area contributed by atoms with E-state index in [0.717, 1.165) is 72.5 Å². The molecule has 4 aromatic rings. The Morgan fingerprint density at radius 1 is 0.582 bits per heavy atom. The van der Waals surface area contributed by atoms with E-state index in [1.54, 1.807) is 12.7 Å². The lowest BCUT2D eigenvalue weighted by Gasteiger charge is -2.40. The topological polar surface area (TPSA) is 250 Å². The number of rotatable bonds is 31. The molecule has 8 atom stereocenters. The number of halogens is 1. The highest BCUT2D eigenvalue weighted by atomic mass is 79.9. The molecule has 20 nitrogen and oxygen atoms in total. The van der Waals surface area contributed by atoms with Gasteiger partial charge in [-0.2, -0.15) is 0 Å². The van der Waals surface area contributed by atoms with Crippen molar-refractivity contribution in [1.82, 2.24) is 49.3 Å². The summed E-state index contributed by atoms with van der Waals surface area (Å²) in [5.41, 5.74) is 14.6. The van der Waals surface area contributed by atoms with Gasteiger partial charge in [0.05, 0.1) is 37.7 Å². The van der Waals surface area contributed by atoms with Crippen LogP contribution in [-0.4, -0.2) is 175 Å². The van der Waals surface area contributed by atoms with E-state index in [1.165, 1.54) is 12.7 Å². The molecule has 25 heteroatoms. The number of imidazole rings is 2. The molecule has 0 saturated carbocycles. The van der Waals surface area contributed by atoms with Gasteiger partial charge in [-0.3, -0.25) is 14.0 Å². The van der Waals surface area contributed by atoms with E-state index < -0.39 is 45.7 Å². The Morgan fingerprint density at radius 2 is 0.949 bits per heavy atom. The number of nitrogens with two attached hydrogens (primary N) is 2. The van der Waals surface area contributed by atoms with Crippen LogP contribution in [0.3, 0.4) is 0 Å². The summed E-state index contributed by atoms with van der Waals surface area (Å²) in [6, 6.07) is 12.3. The zero-order chi connectivity index (χ0) is 58.4. The van der Waals surface area contributed by atoms with Crippen molar-refractivity contribution in [2.45, 2.75) is 205 Å². The predicted molar refractivity (Wildman–Crippen MR) is 331 cm³/mol. The molecule has 444 valence electrons. The van der Waals surface area contributed by atoms with E-state index >= 15 is 0 Å². The molecule has 0 aromatic carbocycles. The molecular weight excluding hydrogens is 1140 g/mol. The molecule has 7 N–H and O–H groups in total. The number of terminal acetylenes is 2. The van der Waals surface area contributed by atoms with Crippen LogP contribution in [0.2, 0.25) is 72.5 Å². The molecule has 0 spiro atoms. The smallest absolute Gasteiger partial charge is 0.192 e. The van der Waals surface area contributed by atoms with Crippen LogP contribution in [0.25, 0.3) is 22.3 Å². The number of alkyl halides is 1. The Bertz CT molecular complexity index is 2460. The van der Waals surface area contributed by atoms with E-state index in [0.29, 0.717) is 72.0 Å². The number of nitrogen functional groups attached to an aromatic ring is 2. The summed E-state index contributed by atoms with van der Waals surface area (Å²) in [6.45, 7) is 29.4. The van der Waals surface area contributed by atoms with Crippen LogP contribution in [0, 0.1) is 24.7 Å². The van der Waals surface area contributed by atoms with Gasteiger partial charge < -0.3 is 54.2 Å². The summed E-state index contributed by atoms with van der Waals surface area (Å²) < 4.78 is 46.4. The van der Waals surface area contributed by atoms with Gasteiger partial charge in [-0.1, -0.05) is 111 Å². The third kappa shape index (κ3) is 16.5. The van der Waals surface area contributed by atoms with Crippen LogP contribution in [0.1, 0.15) is 95.5 Å². The highest BCUT2D eigenvalue weighted by molar-refractivity contribution is 9.09. The first kappa shape index (κ1) is 68.3. The van der Waals surface area contributed by atoms with Gasteiger partial charge in [0.2, 0.25) is 0 Å². The monoisotopic (exact) mass is 1230 g/mol. The van der Waals surface area contributed by atoms with Gasteiger partial charge in [-0.25, -0.2) is 29.9 Å². The lowest BCUT2D eigenvalue weighted by Crippen LogP contribution is -2.53. The number of hydrogen-bond donors (Lipinski definition) is 5. The molecule has 4 aromatic heterocycles. The SMILES string of the molecule is C#CCBr.C#CCN(CCO)C[C@H]1O[C@@H](n2cnc3c(N)ncnc32)[C@@H](O[Si](CC)(CC)CC)C1O[Si](CC)(CC)CC.CC[Si](CC)(CC)OC1[C@@H](CNCCO)O[C@@H](n2cnc3c(N)ncnc32)[C@H]1O[Si](CC)(CC)CC. The molecule has 2 aliphatic heterocycles. The fourth-order valence-corrected chi connectivity index (χ4v) is 22.4. The molecule has 2 aliphatic rings. The van der Waals surface area contributed by atoms with Gasteiger partial charge in [0, 0.05) is 26.2 Å². The van der Waals surface area contributed by atoms with Crippen molar-refractivity contribution in [2.75, 3.05) is 62.7 Å². The average Bonchev–Trinajstić information content (AvgIpc) is 4.46. The second kappa shape index (κ2) is 33.2. The molecular formula is C54H97BrN12O8Si4. The summed E-state index contributed by atoms with van der Waals surface area (Å²) >= 11 is 3.01. The van der Waals surface area contributed by atoms with Gasteiger partial charge in [-0.15, -0.1) is 12.8 Å². The molecule has 0 radical (unpaired) electrons. The molecule has 2 unspecified atom stereocenters. The van der Waals surface area contributed by atoms with Crippen molar-refractivity contribution in [2.24, 2.45) is 0 Å². The molecule has 79 heavy (non-hydrogen) atoms. The average molecular weight is 1230 g/mol. The minimum absolute atomic E-state index is 0.0146. The fourth-order valence-electron chi connectivity index (χ4n) is 11.1. The van der Waals surface area contributed by atoms with Crippen molar-refractivity contribution in [1.29, 1.82) is 0 Å². The van der Waals surface area contributed by atoms with E-state index in [9.17, 15) is 10.2 Å². The minimum Gasteiger partial charge on any atom is -0.408 e. The third-order valence-corrected chi connectivity index (χ3v) is 35.9. The fraction of sp³-hybridized carbons (Fsp3) is 0.741. The maximum absolute atomic E-state index is 9.72. The van der Waals surface area contributed by atoms with Gasteiger partial charge in [0.15, 0.2) is 68.7 Å². The maximum Gasteiger partial charge on any atom is 0.192 e. The van der Waals surface area contributed by atoms with E-state index in [4.69, 9.17) is 51.5 Å². The Labute approximate surface area is 484 Å². The van der Waals surface area contributed by atoms with Crippen LogP contribution < -0.4 is 16.8 Å². The Hall–Kier alpha value is -3.23. The van der Waals surface area contributed by atoms with Crippen LogP contribution >= 0.6 is 15.9 Å². The second-order valence-corrected chi connectivity index (χ2v) is 40.0. The quantitative estimate of drug-likeness (QED) is 0.0137. The first-order valence-corrected chi connectivity index (χ1v) is 40.3. The largest absolute Gasteiger partial charge is 0.408 e. The zero-order valence-corrected chi connectivity index (χ0v) is 55.2. The molecule has 2 saturated heterocycles. The minimum atomic E-state index is -2.08. The predicted octanol–water partition coefficient (Wildman–Crippen LogP) is 8.70. The summed E-state index contributed by atoms with van der Waals surface area (Å²) in [4.78, 5) is 28.3. The standard InChI is InChI=1S/C27H48N6O4Si2.C24H46N6O4Si2.C3H3Br/c1-8-15-32(16-17-34)18-21-23(36-38(9-2,10-3)11-4)24(37-39(12-5,13-6)14-7)27(35-21)33-20-31-22-25(28)29-19-30-26(22)33;1-7-35(8-2,9-3)33-20-18(15-26-13-14-31)32-24(21(20)34-36(10-4,11-5)12-6)30-17-29-19-22(25)27-16-28-23(19)30;1-2-3-4/h1,19-21,23-24,27,34H,9-18H2,2-7H3,(H2,28,29,30);16-18,20-21,24,26,31H,7-15H2,1-6H3,(H2,25,27,28);1H,3H2/t21-,23?,24+,27-;18-,20?,21+,24-;/m11./s1. The summed E-state index contributed by atoms with van der Waals surface area (Å²) in [5.74, 6) is 5.75. The zero-order valence-electron chi connectivity index (χ0n) is 49.6. The summed E-state index contributed by atoms with van der Waals surface area (Å²) in [6.07, 6.45) is 14.1. The summed E-state index contributed by atoms with van der Waals surface area (Å²) in [7, 11) is -8.16. The van der Waals surface area contributed by atoms with E-state index in [2.05, 4.69) is 146 Å². The molecule has 2 fully saturated rings. The Balaban J connectivity index is 0.000000320. The summed E-state index contributed by atoms with van der Waals surface area (Å²) in [5, 5.41) is 23.1. The van der Waals surface area contributed by atoms with Crippen LogP contribution in [-0.2, 0) is 27.2 Å². The van der Waals surface area contributed by atoms with Crippen LogP contribution in [0.15, 0.2) is 25.3 Å². The number of hydrogen-bond acceptors (Lipinski definition) is 18. The van der Waals surface area contributed by atoms with Gasteiger partial charge in [0.1, 0.15) is 60.3 Å². The van der Waals surface area contributed by atoms with Gasteiger partial charge in [-0.05, 0) is 72.5 Å². The lowest BCUT2D eigenvalue weighted by atomic mass is 10.1. The van der Waals surface area contributed by atoms with Crippen molar-refractivity contribution in [3.8, 4) is 24.7 Å². The number of aromatic nitrogens is 8. The number of anilines is 2. The maximum atomic E-state index is 9.72. The Morgan fingerprint density at radius 3 is 1.29 bits per heavy atom. The number of ether oxygens (including phenoxy) is 2. The number of nitrogens with zero attached hydrogens (tertiary/aromatic N) is 9. The van der Waals surface area contributed by atoms with E-state index in [-0.39, 0.29) is 49.8 Å². The molecule has 0 amide bonds. The lowest BCUT2D eigenvalue weighted by molar-refractivity contribution is -0.0413. The first-order chi connectivity index (χ1) is 38.1. The first-order valence-electron chi connectivity index (χ1n) is 29.0. The molecule has 6 heterocycles. The van der Waals surface area contributed by atoms with Crippen LogP contribution in [0.5, 0.6) is 0 Å². The highest BCUT2D eigenvalue weighted by Crippen LogP contribution is 2.44. The number of fused-ring (bicyclic) bond motifs is 2.